The van der Waals surface area contributed by atoms with Gasteiger partial charge in [-0.2, -0.15) is 0 Å². The fraction of sp³-hybridized carbons (Fsp3) is 0.500. The predicted octanol–water partition coefficient (Wildman–Crippen LogP) is 2.13. The molecule has 2 N–H and O–H groups in total. The van der Waals surface area contributed by atoms with Gasteiger partial charge >= 0.3 is 0 Å². The van der Waals surface area contributed by atoms with Crippen LogP contribution >= 0.6 is 11.6 Å². The van der Waals surface area contributed by atoms with Crippen LogP contribution in [0.25, 0.3) is 0 Å². The van der Waals surface area contributed by atoms with Gasteiger partial charge in [0.25, 0.3) is 0 Å². The average molecular weight is 259 g/mol. The fourth-order valence-electron chi connectivity index (χ4n) is 1.80. The predicted molar refractivity (Wildman–Crippen MR) is 64.1 cm³/mol. The molecule has 0 radical (unpaired) electrons. The molecule has 4 nitrogen and oxygen atoms in total. The summed E-state index contributed by atoms with van der Waals surface area (Å²) in [5, 5.41) is 20.3. The summed E-state index contributed by atoms with van der Waals surface area (Å²) < 4.78 is 10.1. The molecule has 0 amide bonds. The highest BCUT2D eigenvalue weighted by Gasteiger charge is 2.41. The number of methoxy groups -OCH3 is 2. The SMILES string of the molecule is COc1cc(Cl)c(CC2(O)CC2)c(O)c1OC. The molecule has 0 spiro atoms. The van der Waals surface area contributed by atoms with Crippen LogP contribution < -0.4 is 9.47 Å². The van der Waals surface area contributed by atoms with Gasteiger partial charge in [-0.05, 0) is 12.8 Å². The number of ether oxygens (including phenoxy) is 2. The Morgan fingerprint density at radius 3 is 2.47 bits per heavy atom. The van der Waals surface area contributed by atoms with E-state index in [4.69, 9.17) is 21.1 Å². The van der Waals surface area contributed by atoms with Crippen molar-refractivity contribution in [1.29, 1.82) is 0 Å². The molecule has 0 aromatic heterocycles. The Labute approximate surface area is 105 Å². The number of halogens is 1. The molecule has 0 saturated heterocycles. The maximum absolute atomic E-state index is 10.1. The molecule has 17 heavy (non-hydrogen) atoms. The zero-order chi connectivity index (χ0) is 12.6. The number of hydrogen-bond donors (Lipinski definition) is 2. The van der Waals surface area contributed by atoms with E-state index >= 15 is 0 Å². The lowest BCUT2D eigenvalue weighted by Crippen LogP contribution is -2.11. The first-order chi connectivity index (χ1) is 8.00. The second-order valence-electron chi connectivity index (χ2n) is 4.32. The summed E-state index contributed by atoms with van der Waals surface area (Å²) >= 11 is 6.07. The second-order valence-corrected chi connectivity index (χ2v) is 4.73. The molecule has 1 aromatic carbocycles. The Bertz CT molecular complexity index is 441. The lowest BCUT2D eigenvalue weighted by atomic mass is 10.0. The van der Waals surface area contributed by atoms with Crippen LogP contribution in [0, 0.1) is 0 Å². The van der Waals surface area contributed by atoms with Gasteiger partial charge in [-0.3, -0.25) is 0 Å². The number of hydrogen-bond acceptors (Lipinski definition) is 4. The largest absolute Gasteiger partial charge is 0.504 e. The Balaban J connectivity index is 2.44. The van der Waals surface area contributed by atoms with E-state index in [1.165, 1.54) is 14.2 Å². The van der Waals surface area contributed by atoms with Crippen molar-refractivity contribution in [1.82, 2.24) is 0 Å². The normalized spacial score (nSPS) is 16.7. The highest BCUT2D eigenvalue weighted by molar-refractivity contribution is 6.31. The van der Waals surface area contributed by atoms with Gasteiger partial charge in [0.05, 0.1) is 24.8 Å². The van der Waals surface area contributed by atoms with Crippen molar-refractivity contribution < 1.29 is 19.7 Å². The first-order valence-corrected chi connectivity index (χ1v) is 5.73. The first kappa shape index (κ1) is 12.3. The maximum Gasteiger partial charge on any atom is 0.203 e. The highest BCUT2D eigenvalue weighted by Crippen LogP contribution is 2.47. The summed E-state index contributed by atoms with van der Waals surface area (Å²) in [7, 11) is 2.92. The van der Waals surface area contributed by atoms with Crippen LogP contribution in [0.1, 0.15) is 18.4 Å². The maximum atomic E-state index is 10.1. The molecule has 94 valence electrons. The standard InChI is InChI=1S/C12H15ClO4/c1-16-9-5-8(13)7(6-12(15)3-4-12)10(14)11(9)17-2/h5,14-15H,3-4,6H2,1-2H3. The van der Waals surface area contributed by atoms with Gasteiger partial charge < -0.3 is 19.7 Å². The van der Waals surface area contributed by atoms with E-state index < -0.39 is 5.60 Å². The van der Waals surface area contributed by atoms with Crippen molar-refractivity contribution in [3.05, 3.63) is 16.7 Å². The molecule has 0 bridgehead atoms. The van der Waals surface area contributed by atoms with Crippen LogP contribution in [0.15, 0.2) is 6.07 Å². The van der Waals surface area contributed by atoms with Crippen molar-refractivity contribution >= 4 is 11.6 Å². The van der Waals surface area contributed by atoms with Gasteiger partial charge in [0.15, 0.2) is 11.5 Å². The van der Waals surface area contributed by atoms with Gasteiger partial charge in [0.1, 0.15) is 0 Å². The van der Waals surface area contributed by atoms with E-state index in [1.54, 1.807) is 6.07 Å². The second kappa shape index (κ2) is 4.27. The van der Waals surface area contributed by atoms with Gasteiger partial charge in [-0.15, -0.1) is 0 Å². The Morgan fingerprint density at radius 2 is 2.00 bits per heavy atom. The van der Waals surface area contributed by atoms with Crippen LogP contribution in [-0.2, 0) is 6.42 Å². The summed E-state index contributed by atoms with van der Waals surface area (Å²) in [4.78, 5) is 0. The van der Waals surface area contributed by atoms with E-state index in [1.807, 2.05) is 0 Å². The molecule has 1 fully saturated rings. The van der Waals surface area contributed by atoms with Crippen LogP contribution in [0.2, 0.25) is 5.02 Å². The summed E-state index contributed by atoms with van der Waals surface area (Å²) in [5.74, 6) is 0.565. The number of phenols is 1. The minimum Gasteiger partial charge on any atom is -0.504 e. The molecule has 1 aliphatic carbocycles. The van der Waals surface area contributed by atoms with E-state index in [0.29, 0.717) is 22.8 Å². The number of phenolic OH excluding ortho intramolecular Hbond substituents is 1. The third-order valence-corrected chi connectivity index (χ3v) is 3.37. The highest BCUT2D eigenvalue weighted by atomic mass is 35.5. The van der Waals surface area contributed by atoms with E-state index in [0.717, 1.165) is 12.8 Å². The molecular weight excluding hydrogens is 244 g/mol. The Kier molecular flexibility index (Phi) is 3.10. The molecule has 0 heterocycles. The van der Waals surface area contributed by atoms with Gasteiger partial charge in [0.2, 0.25) is 5.75 Å². The number of benzene rings is 1. The zero-order valence-electron chi connectivity index (χ0n) is 9.79. The van der Waals surface area contributed by atoms with E-state index in [2.05, 4.69) is 0 Å². The van der Waals surface area contributed by atoms with Crippen LogP contribution in [-0.4, -0.2) is 30.0 Å². The van der Waals surface area contributed by atoms with Crippen molar-refractivity contribution in [2.75, 3.05) is 14.2 Å². The molecule has 0 aliphatic heterocycles. The van der Waals surface area contributed by atoms with Gasteiger partial charge in [0, 0.05) is 18.1 Å². The first-order valence-electron chi connectivity index (χ1n) is 5.35. The zero-order valence-corrected chi connectivity index (χ0v) is 10.5. The molecular formula is C12H15ClO4. The minimum atomic E-state index is -0.722. The van der Waals surface area contributed by atoms with E-state index in [9.17, 15) is 10.2 Å². The molecule has 0 unspecified atom stereocenters. The Hall–Kier alpha value is -1.13. The third-order valence-electron chi connectivity index (χ3n) is 3.03. The quantitative estimate of drug-likeness (QED) is 0.869. The summed E-state index contributed by atoms with van der Waals surface area (Å²) in [6, 6.07) is 1.58. The molecule has 0 atom stereocenters. The number of rotatable bonds is 4. The van der Waals surface area contributed by atoms with Gasteiger partial charge in [-0.25, -0.2) is 0 Å². The lowest BCUT2D eigenvalue weighted by molar-refractivity contribution is 0.149. The van der Waals surface area contributed by atoms with Crippen LogP contribution in [0.5, 0.6) is 17.2 Å². The molecule has 1 aromatic rings. The number of aromatic hydroxyl groups is 1. The van der Waals surface area contributed by atoms with Crippen LogP contribution in [0.3, 0.4) is 0 Å². The van der Waals surface area contributed by atoms with Crippen LogP contribution in [0.4, 0.5) is 0 Å². The van der Waals surface area contributed by atoms with Crippen molar-refractivity contribution in [3.8, 4) is 17.2 Å². The van der Waals surface area contributed by atoms with Crippen molar-refractivity contribution in [2.45, 2.75) is 24.9 Å². The summed E-state index contributed by atoms with van der Waals surface area (Å²) in [5.41, 5.74) is -0.218. The molecule has 5 heteroatoms. The van der Waals surface area contributed by atoms with Gasteiger partial charge in [-0.1, -0.05) is 11.6 Å². The fourth-order valence-corrected chi connectivity index (χ4v) is 2.06. The average Bonchev–Trinajstić information content (AvgIpc) is 3.02. The number of aliphatic hydroxyl groups is 1. The lowest BCUT2D eigenvalue weighted by Gasteiger charge is -2.16. The topological polar surface area (TPSA) is 58.9 Å². The minimum absolute atomic E-state index is 0.0582. The smallest absolute Gasteiger partial charge is 0.203 e. The molecule has 2 rings (SSSR count). The summed E-state index contributed by atoms with van der Waals surface area (Å²) in [6.45, 7) is 0. The molecule has 1 saturated carbocycles. The third kappa shape index (κ3) is 2.28. The van der Waals surface area contributed by atoms with E-state index in [-0.39, 0.29) is 11.5 Å². The summed E-state index contributed by atoms with van der Waals surface area (Å²) in [6.07, 6.45) is 1.80. The van der Waals surface area contributed by atoms with Crippen molar-refractivity contribution in [2.24, 2.45) is 0 Å². The van der Waals surface area contributed by atoms with Crippen molar-refractivity contribution in [3.63, 3.8) is 0 Å². The molecule has 1 aliphatic rings. The Morgan fingerprint density at radius 1 is 1.35 bits per heavy atom. The monoisotopic (exact) mass is 258 g/mol.